The van der Waals surface area contributed by atoms with Gasteiger partial charge in [0.05, 0.1) is 12.2 Å². The number of likely N-dealkylation sites (tertiary alicyclic amines) is 1. The Morgan fingerprint density at radius 2 is 2.38 bits per heavy atom. The number of nitrogens with zero attached hydrogens (tertiary/aromatic N) is 3. The van der Waals surface area contributed by atoms with E-state index in [-0.39, 0.29) is 0 Å². The van der Waals surface area contributed by atoms with Gasteiger partial charge >= 0.3 is 0 Å². The summed E-state index contributed by atoms with van der Waals surface area (Å²) in [4.78, 5) is 2.38. The van der Waals surface area contributed by atoms with E-state index in [1.807, 2.05) is 6.20 Å². The second-order valence-corrected chi connectivity index (χ2v) is 4.06. The minimum atomic E-state index is 0.590. The molecule has 1 aromatic heterocycles. The van der Waals surface area contributed by atoms with Crippen LogP contribution < -0.4 is 0 Å². The van der Waals surface area contributed by atoms with Crippen LogP contribution in [-0.2, 0) is 0 Å². The lowest BCUT2D eigenvalue weighted by Gasteiger charge is -2.29. The quantitative estimate of drug-likeness (QED) is 0.650. The van der Waals surface area contributed by atoms with E-state index in [1.165, 1.54) is 24.9 Å². The van der Waals surface area contributed by atoms with Crippen molar-refractivity contribution in [3.05, 3.63) is 18.0 Å². The van der Waals surface area contributed by atoms with Gasteiger partial charge in [-0.15, -0.1) is 0 Å². The van der Waals surface area contributed by atoms with Gasteiger partial charge in [-0.1, -0.05) is 0 Å². The van der Waals surface area contributed by atoms with E-state index in [4.69, 9.17) is 0 Å². The minimum absolute atomic E-state index is 0.590. The summed E-state index contributed by atoms with van der Waals surface area (Å²) in [6.07, 6.45) is 6.64. The van der Waals surface area contributed by atoms with Crippen LogP contribution in [0.15, 0.2) is 12.4 Å². The third-order valence-corrected chi connectivity index (χ3v) is 2.70. The van der Waals surface area contributed by atoms with Gasteiger partial charge in [-0.05, 0) is 38.9 Å². The predicted octanol–water partition coefficient (Wildman–Crippen LogP) is 1.46. The molecule has 0 radical (unpaired) electrons. The van der Waals surface area contributed by atoms with Gasteiger partial charge in [0.2, 0.25) is 0 Å². The second kappa shape index (κ2) is 3.50. The first kappa shape index (κ1) is 8.75. The number of hydrogen-bond donors (Lipinski definition) is 0. The average molecular weight is 179 g/mol. The Hall–Kier alpha value is -0.830. The molecule has 1 fully saturated rings. The van der Waals surface area contributed by atoms with E-state index in [1.54, 1.807) is 0 Å². The summed E-state index contributed by atoms with van der Waals surface area (Å²) in [5.74, 6) is 0. The van der Waals surface area contributed by atoms with E-state index in [2.05, 4.69) is 34.8 Å². The van der Waals surface area contributed by atoms with E-state index < -0.39 is 0 Å². The zero-order valence-electron chi connectivity index (χ0n) is 8.40. The topological polar surface area (TPSA) is 21.1 Å². The van der Waals surface area contributed by atoms with Crippen LogP contribution in [0.4, 0.5) is 0 Å². The minimum Gasteiger partial charge on any atom is -0.304 e. The van der Waals surface area contributed by atoms with Crippen molar-refractivity contribution in [1.29, 1.82) is 0 Å². The monoisotopic (exact) mass is 179 g/mol. The SMILES string of the molecule is Cc1cnn(C2CCCN(C)C2)c1. The highest BCUT2D eigenvalue weighted by molar-refractivity contribution is 5.00. The summed E-state index contributed by atoms with van der Waals surface area (Å²) in [5, 5.41) is 4.36. The Kier molecular flexibility index (Phi) is 2.36. The van der Waals surface area contributed by atoms with Gasteiger partial charge in [-0.2, -0.15) is 5.10 Å². The van der Waals surface area contributed by atoms with Crippen molar-refractivity contribution in [2.75, 3.05) is 20.1 Å². The number of aryl methyl sites for hydroxylation is 1. The third kappa shape index (κ3) is 1.91. The Morgan fingerprint density at radius 3 is 3.00 bits per heavy atom. The standard InChI is InChI=1S/C10H17N3/c1-9-6-11-13(7-9)10-4-3-5-12(2)8-10/h6-7,10H,3-5,8H2,1-2H3. The van der Waals surface area contributed by atoms with Gasteiger partial charge in [0.25, 0.3) is 0 Å². The molecule has 1 aromatic rings. The fourth-order valence-electron chi connectivity index (χ4n) is 1.99. The van der Waals surface area contributed by atoms with Crippen molar-refractivity contribution in [3.63, 3.8) is 0 Å². The average Bonchev–Trinajstić information content (AvgIpc) is 2.52. The number of likely N-dealkylation sites (N-methyl/N-ethyl adjacent to an activating group) is 1. The van der Waals surface area contributed by atoms with Crippen molar-refractivity contribution in [2.45, 2.75) is 25.8 Å². The zero-order chi connectivity index (χ0) is 9.26. The summed E-state index contributed by atoms with van der Waals surface area (Å²) < 4.78 is 2.12. The highest BCUT2D eigenvalue weighted by Gasteiger charge is 2.18. The molecule has 13 heavy (non-hydrogen) atoms. The molecule has 0 spiro atoms. The van der Waals surface area contributed by atoms with Crippen molar-refractivity contribution in [2.24, 2.45) is 0 Å². The molecule has 2 rings (SSSR count). The van der Waals surface area contributed by atoms with Crippen molar-refractivity contribution in [1.82, 2.24) is 14.7 Å². The van der Waals surface area contributed by atoms with E-state index in [9.17, 15) is 0 Å². The van der Waals surface area contributed by atoms with Crippen LogP contribution in [0.3, 0.4) is 0 Å². The summed E-state index contributed by atoms with van der Waals surface area (Å²) in [6, 6.07) is 0.590. The van der Waals surface area contributed by atoms with Crippen molar-refractivity contribution in [3.8, 4) is 0 Å². The Balaban J connectivity index is 2.08. The van der Waals surface area contributed by atoms with Gasteiger partial charge in [0.1, 0.15) is 0 Å². The number of piperidine rings is 1. The van der Waals surface area contributed by atoms with Crippen molar-refractivity contribution >= 4 is 0 Å². The largest absolute Gasteiger partial charge is 0.304 e. The van der Waals surface area contributed by atoms with Gasteiger partial charge < -0.3 is 4.90 Å². The fraction of sp³-hybridized carbons (Fsp3) is 0.700. The molecular weight excluding hydrogens is 162 g/mol. The third-order valence-electron chi connectivity index (χ3n) is 2.70. The number of aromatic nitrogens is 2. The molecule has 0 bridgehead atoms. The highest BCUT2D eigenvalue weighted by Crippen LogP contribution is 2.19. The van der Waals surface area contributed by atoms with Crippen LogP contribution in [0.25, 0.3) is 0 Å². The normalized spacial score (nSPS) is 24.9. The van der Waals surface area contributed by atoms with E-state index >= 15 is 0 Å². The lowest BCUT2D eigenvalue weighted by molar-refractivity contribution is 0.202. The molecule has 1 saturated heterocycles. The van der Waals surface area contributed by atoms with Gasteiger partial charge in [-0.3, -0.25) is 4.68 Å². The van der Waals surface area contributed by atoms with Crippen LogP contribution in [0.1, 0.15) is 24.4 Å². The predicted molar refractivity (Wildman–Crippen MR) is 52.7 cm³/mol. The van der Waals surface area contributed by atoms with Gasteiger partial charge in [0, 0.05) is 12.7 Å². The molecule has 1 aliphatic heterocycles. The molecule has 1 aliphatic rings. The fourth-order valence-corrected chi connectivity index (χ4v) is 1.99. The van der Waals surface area contributed by atoms with Crippen LogP contribution >= 0.6 is 0 Å². The molecule has 0 aliphatic carbocycles. The first-order valence-corrected chi connectivity index (χ1v) is 4.95. The number of rotatable bonds is 1. The molecule has 3 nitrogen and oxygen atoms in total. The number of hydrogen-bond acceptors (Lipinski definition) is 2. The molecule has 0 N–H and O–H groups in total. The first-order chi connectivity index (χ1) is 6.25. The molecular formula is C10H17N3. The summed E-state index contributed by atoms with van der Waals surface area (Å²) >= 11 is 0. The Labute approximate surface area is 79.3 Å². The summed E-state index contributed by atoms with van der Waals surface area (Å²) in [5.41, 5.74) is 1.26. The molecule has 0 aromatic carbocycles. The molecule has 1 unspecified atom stereocenters. The molecule has 0 saturated carbocycles. The highest BCUT2D eigenvalue weighted by atomic mass is 15.3. The molecule has 0 amide bonds. The Bertz CT molecular complexity index is 279. The Morgan fingerprint density at radius 1 is 1.54 bits per heavy atom. The first-order valence-electron chi connectivity index (χ1n) is 4.95. The van der Waals surface area contributed by atoms with Gasteiger partial charge in [0.15, 0.2) is 0 Å². The van der Waals surface area contributed by atoms with Gasteiger partial charge in [-0.25, -0.2) is 0 Å². The smallest absolute Gasteiger partial charge is 0.0646 e. The maximum Gasteiger partial charge on any atom is 0.0646 e. The molecule has 1 atom stereocenters. The molecule has 2 heterocycles. The lowest BCUT2D eigenvalue weighted by Crippen LogP contribution is -2.33. The molecule has 72 valence electrons. The second-order valence-electron chi connectivity index (χ2n) is 4.06. The molecule has 3 heteroatoms. The zero-order valence-corrected chi connectivity index (χ0v) is 8.40. The lowest BCUT2D eigenvalue weighted by atomic mass is 10.1. The van der Waals surface area contributed by atoms with E-state index in [0.29, 0.717) is 6.04 Å². The van der Waals surface area contributed by atoms with Crippen LogP contribution in [0, 0.1) is 6.92 Å². The summed E-state index contributed by atoms with van der Waals surface area (Å²) in [6.45, 7) is 4.47. The maximum atomic E-state index is 4.36. The van der Waals surface area contributed by atoms with E-state index in [0.717, 1.165) is 6.54 Å². The van der Waals surface area contributed by atoms with Crippen LogP contribution in [0.5, 0.6) is 0 Å². The van der Waals surface area contributed by atoms with Crippen LogP contribution in [-0.4, -0.2) is 34.8 Å². The summed E-state index contributed by atoms with van der Waals surface area (Å²) in [7, 11) is 2.18. The van der Waals surface area contributed by atoms with Crippen LogP contribution in [0.2, 0.25) is 0 Å². The maximum absolute atomic E-state index is 4.36. The van der Waals surface area contributed by atoms with Crippen molar-refractivity contribution < 1.29 is 0 Å².